The molecule has 15 heavy (non-hydrogen) atoms. The van der Waals surface area contributed by atoms with Crippen LogP contribution in [0.25, 0.3) is 0 Å². The molecule has 0 saturated carbocycles. The van der Waals surface area contributed by atoms with Gasteiger partial charge in [-0.2, -0.15) is 4.99 Å². The van der Waals surface area contributed by atoms with E-state index < -0.39 is 0 Å². The normalized spacial score (nSPS) is 11.2. The van der Waals surface area contributed by atoms with Gasteiger partial charge < -0.3 is 11.5 Å². The predicted octanol–water partition coefficient (Wildman–Crippen LogP) is -3.32. The third-order valence-electron chi connectivity index (χ3n) is 2.15. The molecular formula is C10H17N5+2. The first-order valence-corrected chi connectivity index (χ1v) is 4.61. The van der Waals surface area contributed by atoms with Crippen LogP contribution in [0.2, 0.25) is 0 Å². The van der Waals surface area contributed by atoms with Crippen LogP contribution in [0.5, 0.6) is 0 Å². The average Bonchev–Trinajstić information content (AvgIpc) is 2.11. The van der Waals surface area contributed by atoms with Gasteiger partial charge in [0, 0.05) is 5.56 Å². The Morgan fingerprint density at radius 3 is 2.40 bits per heavy atom. The molecule has 5 heteroatoms. The van der Waals surface area contributed by atoms with Crippen LogP contribution < -0.4 is 27.2 Å². The monoisotopic (exact) mass is 207 g/mol. The van der Waals surface area contributed by atoms with Crippen molar-refractivity contribution in [2.75, 3.05) is 0 Å². The average molecular weight is 207 g/mol. The lowest BCUT2D eigenvalue weighted by Gasteiger charge is -1.98. The maximum Gasteiger partial charge on any atom is 0.522 e. The first-order chi connectivity index (χ1) is 7.00. The summed E-state index contributed by atoms with van der Waals surface area (Å²) in [5.41, 5.74) is 19.4. The zero-order valence-corrected chi connectivity index (χ0v) is 8.96. The highest BCUT2D eigenvalue weighted by molar-refractivity contribution is 5.76. The Balaban J connectivity index is 3.09. The summed E-state index contributed by atoms with van der Waals surface area (Å²) in [5, 5.41) is 0. The van der Waals surface area contributed by atoms with Gasteiger partial charge in [-0.25, -0.2) is 5.73 Å². The Morgan fingerprint density at radius 1 is 1.13 bits per heavy atom. The van der Waals surface area contributed by atoms with Crippen LogP contribution in [-0.2, 0) is 0 Å². The minimum atomic E-state index is 0.0605. The molecule has 0 atom stereocenters. The molecule has 0 saturated heterocycles. The van der Waals surface area contributed by atoms with Crippen molar-refractivity contribution in [3.8, 4) is 0 Å². The predicted molar refractivity (Wildman–Crippen MR) is 60.1 cm³/mol. The number of guanidine groups is 2. The van der Waals surface area contributed by atoms with Crippen molar-refractivity contribution in [3.05, 3.63) is 29.3 Å². The van der Waals surface area contributed by atoms with E-state index in [9.17, 15) is 0 Å². The summed E-state index contributed by atoms with van der Waals surface area (Å²) in [4.78, 5) is 5.58. The van der Waals surface area contributed by atoms with E-state index in [0.29, 0.717) is 5.96 Å². The second-order valence-corrected chi connectivity index (χ2v) is 3.37. The number of aryl methyl sites for hydroxylation is 1. The summed E-state index contributed by atoms with van der Waals surface area (Å²) >= 11 is 0. The van der Waals surface area contributed by atoms with E-state index in [4.69, 9.17) is 17.2 Å². The number of nitrogens with one attached hydrogen (secondary N) is 2. The van der Waals surface area contributed by atoms with Crippen LogP contribution in [0.3, 0.4) is 0 Å². The molecule has 5 nitrogen and oxygen atoms in total. The fraction of sp³-hybridized carbons (Fsp3) is 0.200. The zero-order chi connectivity index (χ0) is 11.4. The maximum atomic E-state index is 5.64. The second kappa shape index (κ2) is 4.45. The fourth-order valence-electron chi connectivity index (χ4n) is 1.22. The third-order valence-corrected chi connectivity index (χ3v) is 2.15. The van der Waals surface area contributed by atoms with E-state index in [-0.39, 0.29) is 5.96 Å². The highest BCUT2D eigenvalue weighted by Gasteiger charge is 2.07. The number of nitrogens with two attached hydrogens (primary N) is 3. The van der Waals surface area contributed by atoms with Crippen molar-refractivity contribution in [2.45, 2.75) is 13.8 Å². The quantitative estimate of drug-likeness (QED) is 0.246. The Kier molecular flexibility index (Phi) is 3.28. The minimum absolute atomic E-state index is 0.0605. The topological polar surface area (TPSA) is 106 Å². The zero-order valence-electron chi connectivity index (χ0n) is 8.96. The molecule has 0 fully saturated rings. The molecule has 8 N–H and O–H groups in total. The third kappa shape index (κ3) is 2.98. The van der Waals surface area contributed by atoms with Gasteiger partial charge in [0.1, 0.15) is 0 Å². The fourth-order valence-corrected chi connectivity index (χ4v) is 1.22. The number of benzene rings is 1. The summed E-state index contributed by atoms with van der Waals surface area (Å²) < 4.78 is 0. The van der Waals surface area contributed by atoms with Crippen LogP contribution in [0.4, 0.5) is 5.69 Å². The standard InChI is InChI=1S/C10H15N5/c1-6-4-3-5-8(7(6)2)14-10(13)15-9(11)12/h3-5H,1-2H3,(H6,11,12,13,14,15)/p+2. The van der Waals surface area contributed by atoms with E-state index in [2.05, 4.69) is 9.98 Å². The Hall–Kier alpha value is -2.04. The van der Waals surface area contributed by atoms with Gasteiger partial charge in [-0.3, -0.25) is 0 Å². The largest absolute Gasteiger partial charge is 0.522 e. The van der Waals surface area contributed by atoms with E-state index in [1.54, 1.807) is 0 Å². The van der Waals surface area contributed by atoms with Crippen molar-refractivity contribution >= 4 is 17.6 Å². The van der Waals surface area contributed by atoms with Gasteiger partial charge in [-0.15, -0.1) is 4.99 Å². The molecule has 0 aliphatic carbocycles. The van der Waals surface area contributed by atoms with E-state index in [0.717, 1.165) is 11.3 Å². The lowest BCUT2D eigenvalue weighted by molar-refractivity contribution is -0.459. The van der Waals surface area contributed by atoms with Crippen LogP contribution in [-0.4, -0.2) is 11.9 Å². The lowest BCUT2D eigenvalue weighted by atomic mass is 10.1. The molecule has 0 radical (unpaired) electrons. The molecule has 0 amide bonds. The Bertz CT molecular complexity index is 416. The molecule has 1 aromatic carbocycles. The van der Waals surface area contributed by atoms with Crippen molar-refractivity contribution < 1.29 is 9.98 Å². The van der Waals surface area contributed by atoms with Crippen LogP contribution in [0.1, 0.15) is 11.1 Å². The molecule has 0 heterocycles. The van der Waals surface area contributed by atoms with Gasteiger partial charge in [0.15, 0.2) is 5.69 Å². The first kappa shape index (κ1) is 11.0. The molecule has 0 aliphatic heterocycles. The molecule has 0 spiro atoms. The highest BCUT2D eigenvalue weighted by atomic mass is 15.1. The lowest BCUT2D eigenvalue weighted by Crippen LogP contribution is -2.96. The summed E-state index contributed by atoms with van der Waals surface area (Å²) in [6, 6.07) is 5.92. The molecular weight excluding hydrogens is 190 g/mol. The van der Waals surface area contributed by atoms with E-state index in [1.807, 2.05) is 32.0 Å². The van der Waals surface area contributed by atoms with Gasteiger partial charge in [-0.1, -0.05) is 12.1 Å². The summed E-state index contributed by atoms with van der Waals surface area (Å²) in [6.45, 7) is 4.05. The Labute approximate surface area is 88.7 Å². The second-order valence-electron chi connectivity index (χ2n) is 3.37. The SMILES string of the molecule is Cc1cccc([NH+]=C(N)[NH+]=C(N)N)c1C. The number of hydrogen-bond acceptors (Lipinski definition) is 0. The summed E-state index contributed by atoms with van der Waals surface area (Å²) in [5.74, 6) is 0.369. The number of hydrogen-bond donors (Lipinski definition) is 5. The van der Waals surface area contributed by atoms with Crippen LogP contribution in [0, 0.1) is 13.8 Å². The van der Waals surface area contributed by atoms with E-state index >= 15 is 0 Å². The van der Waals surface area contributed by atoms with Crippen molar-refractivity contribution in [1.29, 1.82) is 0 Å². The van der Waals surface area contributed by atoms with Crippen molar-refractivity contribution in [3.63, 3.8) is 0 Å². The van der Waals surface area contributed by atoms with Gasteiger partial charge in [0.25, 0.3) is 5.96 Å². The molecule has 0 aromatic heterocycles. The van der Waals surface area contributed by atoms with Crippen molar-refractivity contribution in [1.82, 2.24) is 0 Å². The van der Waals surface area contributed by atoms with Crippen LogP contribution >= 0.6 is 0 Å². The summed E-state index contributed by atoms with van der Waals surface area (Å²) in [6.07, 6.45) is 0. The molecule has 0 aliphatic rings. The van der Waals surface area contributed by atoms with Crippen LogP contribution in [0.15, 0.2) is 18.2 Å². The van der Waals surface area contributed by atoms with E-state index in [1.165, 1.54) is 5.56 Å². The summed E-state index contributed by atoms with van der Waals surface area (Å²) in [7, 11) is 0. The van der Waals surface area contributed by atoms with Crippen molar-refractivity contribution in [2.24, 2.45) is 17.2 Å². The molecule has 1 aromatic rings. The van der Waals surface area contributed by atoms with Gasteiger partial charge >= 0.3 is 5.96 Å². The first-order valence-electron chi connectivity index (χ1n) is 4.61. The van der Waals surface area contributed by atoms with Gasteiger partial charge in [-0.05, 0) is 25.5 Å². The van der Waals surface area contributed by atoms with Gasteiger partial charge in [0.05, 0.1) is 0 Å². The highest BCUT2D eigenvalue weighted by Crippen LogP contribution is 2.11. The van der Waals surface area contributed by atoms with Gasteiger partial charge in [0.2, 0.25) is 0 Å². The molecule has 0 unspecified atom stereocenters. The minimum Gasteiger partial charge on any atom is -0.345 e. The molecule has 80 valence electrons. The maximum absolute atomic E-state index is 5.64. The smallest absolute Gasteiger partial charge is 0.345 e. The molecule has 0 bridgehead atoms. The number of rotatable bonds is 1. The molecule has 1 rings (SSSR count). The Morgan fingerprint density at radius 2 is 1.80 bits per heavy atom.